The average Bonchev–Trinajstić information content (AvgIpc) is 2.90. The van der Waals surface area contributed by atoms with E-state index in [0.29, 0.717) is 21.4 Å². The summed E-state index contributed by atoms with van der Waals surface area (Å²) in [5.74, 6) is 0.627. The molecule has 1 fully saturated rings. The number of halogens is 2. The van der Waals surface area contributed by atoms with Gasteiger partial charge in [0.25, 0.3) is 0 Å². The lowest BCUT2D eigenvalue weighted by atomic mass is 9.76. The Bertz CT molecular complexity index is 491. The summed E-state index contributed by atoms with van der Waals surface area (Å²) in [6, 6.07) is 3.26. The first kappa shape index (κ1) is 14.7. The highest BCUT2D eigenvalue weighted by Gasteiger charge is 2.40. The van der Waals surface area contributed by atoms with Gasteiger partial charge in [0, 0.05) is 17.0 Å². The highest BCUT2D eigenvalue weighted by Crippen LogP contribution is 2.45. The van der Waals surface area contributed by atoms with Crippen molar-refractivity contribution in [1.82, 2.24) is 0 Å². The molecule has 0 amide bonds. The van der Waals surface area contributed by atoms with Crippen LogP contribution in [0.5, 0.6) is 5.75 Å². The van der Waals surface area contributed by atoms with Crippen LogP contribution in [0.1, 0.15) is 49.4 Å². The van der Waals surface area contributed by atoms with Crippen molar-refractivity contribution in [3.8, 4) is 5.75 Å². The first-order valence-corrected chi connectivity index (χ1v) is 7.37. The van der Waals surface area contributed by atoms with Crippen LogP contribution in [-0.4, -0.2) is 12.9 Å². The van der Waals surface area contributed by atoms with Crippen LogP contribution < -0.4 is 4.74 Å². The van der Waals surface area contributed by atoms with Crippen LogP contribution in [0, 0.1) is 5.41 Å². The number of rotatable bonds is 4. The van der Waals surface area contributed by atoms with Gasteiger partial charge in [-0.3, -0.25) is 4.79 Å². The summed E-state index contributed by atoms with van der Waals surface area (Å²) < 4.78 is 5.11. The Kier molecular flexibility index (Phi) is 4.42. The van der Waals surface area contributed by atoms with Gasteiger partial charge >= 0.3 is 0 Å². The highest BCUT2D eigenvalue weighted by molar-refractivity contribution is 6.37. The summed E-state index contributed by atoms with van der Waals surface area (Å²) in [6.07, 6.45) is 4.97. The summed E-state index contributed by atoms with van der Waals surface area (Å²) in [5, 5.41) is 0.852. The zero-order valence-electron chi connectivity index (χ0n) is 11.3. The minimum Gasteiger partial charge on any atom is -0.495 e. The molecule has 2 nitrogen and oxygen atoms in total. The molecule has 1 aliphatic carbocycles. The van der Waals surface area contributed by atoms with E-state index in [1.54, 1.807) is 12.1 Å². The van der Waals surface area contributed by atoms with E-state index in [-0.39, 0.29) is 11.2 Å². The second-order valence-corrected chi connectivity index (χ2v) is 5.95. The Morgan fingerprint density at radius 2 is 1.89 bits per heavy atom. The molecule has 0 atom stereocenters. The summed E-state index contributed by atoms with van der Waals surface area (Å²) in [4.78, 5) is 12.8. The lowest BCUT2D eigenvalue weighted by Gasteiger charge is -2.26. The Hall–Kier alpha value is -0.730. The molecule has 0 aromatic heterocycles. The van der Waals surface area contributed by atoms with Gasteiger partial charge in [-0.15, -0.1) is 0 Å². The standard InChI is InChI=1S/C15H18Cl2O2/c1-3-15(6-4-5-7-15)14(18)10-8-12(17)13(19-2)9-11(10)16/h8-9H,3-7H2,1-2H3. The zero-order valence-corrected chi connectivity index (χ0v) is 12.8. The third-order valence-corrected chi connectivity index (χ3v) is 4.81. The third kappa shape index (κ3) is 2.61. The number of methoxy groups -OCH3 is 1. The van der Waals surface area contributed by atoms with Crippen LogP contribution in [0.2, 0.25) is 10.0 Å². The van der Waals surface area contributed by atoms with Gasteiger partial charge in [0.15, 0.2) is 5.78 Å². The number of Topliss-reactive ketones (excluding diaryl/α,β-unsaturated/α-hetero) is 1. The Balaban J connectivity index is 2.41. The predicted octanol–water partition coefficient (Wildman–Crippen LogP) is 5.16. The van der Waals surface area contributed by atoms with Crippen LogP contribution >= 0.6 is 23.2 Å². The molecule has 19 heavy (non-hydrogen) atoms. The number of ether oxygens (including phenoxy) is 1. The summed E-state index contributed by atoms with van der Waals surface area (Å²) in [7, 11) is 1.53. The molecule has 0 aliphatic heterocycles. The van der Waals surface area contributed by atoms with E-state index in [1.807, 2.05) is 0 Å². The summed E-state index contributed by atoms with van der Waals surface area (Å²) in [5.41, 5.74) is 0.276. The van der Waals surface area contributed by atoms with Crippen molar-refractivity contribution in [3.05, 3.63) is 27.7 Å². The van der Waals surface area contributed by atoms with Gasteiger partial charge in [-0.1, -0.05) is 43.0 Å². The highest BCUT2D eigenvalue weighted by atomic mass is 35.5. The number of carbonyl (C=O) groups excluding carboxylic acids is 1. The second kappa shape index (κ2) is 5.72. The fraction of sp³-hybridized carbons (Fsp3) is 0.533. The summed E-state index contributed by atoms with van der Waals surface area (Å²) in [6.45, 7) is 2.07. The van der Waals surface area contributed by atoms with Gasteiger partial charge in [-0.25, -0.2) is 0 Å². The smallest absolute Gasteiger partial charge is 0.170 e. The molecule has 0 heterocycles. The van der Waals surface area contributed by atoms with Crippen LogP contribution in [0.25, 0.3) is 0 Å². The first-order valence-electron chi connectivity index (χ1n) is 6.62. The maximum absolute atomic E-state index is 12.8. The van der Waals surface area contributed by atoms with Crippen molar-refractivity contribution < 1.29 is 9.53 Å². The van der Waals surface area contributed by atoms with E-state index in [4.69, 9.17) is 27.9 Å². The molecule has 1 aromatic carbocycles. The Morgan fingerprint density at radius 1 is 1.26 bits per heavy atom. The van der Waals surface area contributed by atoms with Gasteiger partial charge in [-0.2, -0.15) is 0 Å². The van der Waals surface area contributed by atoms with Crippen molar-refractivity contribution in [2.24, 2.45) is 5.41 Å². The van der Waals surface area contributed by atoms with Gasteiger partial charge < -0.3 is 4.74 Å². The fourth-order valence-corrected chi connectivity index (χ4v) is 3.42. The number of hydrogen-bond donors (Lipinski definition) is 0. The van der Waals surface area contributed by atoms with Crippen molar-refractivity contribution in [3.63, 3.8) is 0 Å². The monoisotopic (exact) mass is 300 g/mol. The molecule has 1 aromatic rings. The molecule has 4 heteroatoms. The largest absolute Gasteiger partial charge is 0.495 e. The SMILES string of the molecule is CCC1(C(=O)c2cc(Cl)c(OC)cc2Cl)CCCC1. The van der Waals surface area contributed by atoms with Crippen LogP contribution in [0.3, 0.4) is 0 Å². The molecule has 0 spiro atoms. The van der Waals surface area contributed by atoms with Gasteiger partial charge in [0.2, 0.25) is 0 Å². The van der Waals surface area contributed by atoms with Gasteiger partial charge in [0.05, 0.1) is 17.2 Å². The molecule has 0 saturated heterocycles. The second-order valence-electron chi connectivity index (χ2n) is 5.14. The molecule has 2 rings (SSSR count). The van der Waals surface area contributed by atoms with Crippen molar-refractivity contribution in [1.29, 1.82) is 0 Å². The molecule has 0 N–H and O–H groups in total. The summed E-state index contributed by atoms with van der Waals surface area (Å²) >= 11 is 12.3. The number of hydrogen-bond acceptors (Lipinski definition) is 2. The van der Waals surface area contributed by atoms with Crippen LogP contribution in [-0.2, 0) is 0 Å². The normalized spacial score (nSPS) is 17.5. The Morgan fingerprint density at radius 3 is 2.42 bits per heavy atom. The van der Waals surface area contributed by atoms with E-state index in [0.717, 1.165) is 32.1 Å². The first-order chi connectivity index (χ1) is 9.04. The fourth-order valence-electron chi connectivity index (χ4n) is 2.94. The van der Waals surface area contributed by atoms with Crippen molar-refractivity contribution >= 4 is 29.0 Å². The zero-order chi connectivity index (χ0) is 14.0. The molecule has 0 bridgehead atoms. The van der Waals surface area contributed by atoms with E-state index in [2.05, 4.69) is 6.92 Å². The molecule has 1 aliphatic rings. The predicted molar refractivity (Wildman–Crippen MR) is 78.5 cm³/mol. The van der Waals surface area contributed by atoms with E-state index in [1.165, 1.54) is 7.11 Å². The molecular weight excluding hydrogens is 283 g/mol. The molecular formula is C15H18Cl2O2. The van der Waals surface area contributed by atoms with Gasteiger partial charge in [0.1, 0.15) is 5.75 Å². The molecule has 104 valence electrons. The maximum atomic E-state index is 12.8. The van der Waals surface area contributed by atoms with Crippen molar-refractivity contribution in [2.45, 2.75) is 39.0 Å². The van der Waals surface area contributed by atoms with Gasteiger partial charge in [-0.05, 0) is 25.3 Å². The third-order valence-electron chi connectivity index (χ3n) is 4.21. The van der Waals surface area contributed by atoms with E-state index < -0.39 is 0 Å². The minimum absolute atomic E-state index is 0.127. The van der Waals surface area contributed by atoms with Crippen molar-refractivity contribution in [2.75, 3.05) is 7.11 Å². The average molecular weight is 301 g/mol. The quantitative estimate of drug-likeness (QED) is 0.718. The van der Waals surface area contributed by atoms with E-state index in [9.17, 15) is 4.79 Å². The molecule has 0 unspecified atom stereocenters. The topological polar surface area (TPSA) is 26.3 Å². The van der Waals surface area contributed by atoms with Crippen LogP contribution in [0.4, 0.5) is 0 Å². The van der Waals surface area contributed by atoms with E-state index >= 15 is 0 Å². The van der Waals surface area contributed by atoms with Crippen LogP contribution in [0.15, 0.2) is 12.1 Å². The lowest BCUT2D eigenvalue weighted by Crippen LogP contribution is -2.27. The maximum Gasteiger partial charge on any atom is 0.170 e. The molecule has 0 radical (unpaired) electrons. The Labute approximate surface area is 124 Å². The number of carbonyl (C=O) groups is 1. The molecule has 1 saturated carbocycles. The number of benzene rings is 1. The minimum atomic E-state index is -0.248. The number of ketones is 1. The lowest BCUT2D eigenvalue weighted by molar-refractivity contribution is 0.0791.